The van der Waals surface area contributed by atoms with Crippen LogP contribution in [0.3, 0.4) is 0 Å². The molecular weight excluding hydrogens is 228 g/mol. The van der Waals surface area contributed by atoms with Gasteiger partial charge in [0.1, 0.15) is 6.73 Å². The molecule has 2 amide bonds. The van der Waals surface area contributed by atoms with Gasteiger partial charge in [-0.1, -0.05) is 5.23 Å². The summed E-state index contributed by atoms with van der Waals surface area (Å²) in [4.78, 5) is 27.1. The number of hydroxylamine groups is 4. The molecule has 102 valence electrons. The van der Waals surface area contributed by atoms with Crippen molar-refractivity contribution in [3.8, 4) is 0 Å². The quantitative estimate of drug-likeness (QED) is 0.459. The normalized spacial score (nSPS) is 10.4. The number of carbonyl (C=O) groups is 1. The lowest BCUT2D eigenvalue weighted by Crippen LogP contribution is -2.44. The molecule has 0 spiro atoms. The Bertz CT molecular complexity index is 197. The zero-order valence-corrected chi connectivity index (χ0v) is 11.0. The average molecular weight is 250 g/mol. The molecular formula is C10H22N2O5. The van der Waals surface area contributed by atoms with Gasteiger partial charge in [0.2, 0.25) is 0 Å². The van der Waals surface area contributed by atoms with Gasteiger partial charge in [0.25, 0.3) is 0 Å². The van der Waals surface area contributed by atoms with E-state index in [4.69, 9.17) is 19.2 Å². The largest absolute Gasteiger partial charge is 0.395 e. The van der Waals surface area contributed by atoms with Gasteiger partial charge in [-0.05, 0) is 27.7 Å². The summed E-state index contributed by atoms with van der Waals surface area (Å²) in [7, 11) is 0. The van der Waals surface area contributed by atoms with E-state index in [2.05, 4.69) is 0 Å². The van der Waals surface area contributed by atoms with Crippen molar-refractivity contribution in [2.75, 3.05) is 33.2 Å². The Kier molecular flexibility index (Phi) is 9.74. The molecule has 7 nitrogen and oxygen atoms in total. The summed E-state index contributed by atoms with van der Waals surface area (Å²) < 4.78 is 5.12. The molecule has 0 aliphatic carbocycles. The van der Waals surface area contributed by atoms with Crippen LogP contribution in [0.5, 0.6) is 0 Å². The Morgan fingerprint density at radius 2 is 1.41 bits per heavy atom. The fraction of sp³-hybridized carbons (Fsp3) is 0.900. The highest BCUT2D eigenvalue weighted by molar-refractivity contribution is 5.70. The van der Waals surface area contributed by atoms with Gasteiger partial charge in [0.05, 0.1) is 19.8 Å². The zero-order valence-electron chi connectivity index (χ0n) is 11.0. The highest BCUT2D eigenvalue weighted by Crippen LogP contribution is 2.03. The van der Waals surface area contributed by atoms with Crippen LogP contribution in [-0.2, 0) is 19.2 Å². The van der Waals surface area contributed by atoms with E-state index in [0.717, 1.165) is 10.3 Å². The Hall–Kier alpha value is -0.890. The van der Waals surface area contributed by atoms with Crippen LogP contribution in [0.25, 0.3) is 0 Å². The zero-order chi connectivity index (χ0) is 13.1. The molecule has 0 saturated carbocycles. The second-order valence-electron chi connectivity index (χ2n) is 2.79. The van der Waals surface area contributed by atoms with Crippen LogP contribution in [0.1, 0.15) is 27.7 Å². The van der Waals surface area contributed by atoms with E-state index in [1.165, 1.54) is 0 Å². The maximum absolute atomic E-state index is 11.9. The Labute approximate surface area is 102 Å². The third-order valence-corrected chi connectivity index (χ3v) is 1.56. The molecule has 0 fully saturated rings. The number of carbonyl (C=O) groups excluding carboxylic acids is 1. The molecule has 0 N–H and O–H groups in total. The van der Waals surface area contributed by atoms with Crippen LogP contribution in [0.4, 0.5) is 4.79 Å². The minimum absolute atomic E-state index is 0.0276. The first-order chi connectivity index (χ1) is 8.21. The van der Waals surface area contributed by atoms with E-state index >= 15 is 0 Å². The number of hydrogen-bond acceptors (Lipinski definition) is 5. The van der Waals surface area contributed by atoms with Crippen molar-refractivity contribution in [2.45, 2.75) is 27.7 Å². The SMILES string of the molecule is CCOCN(OCC)C(=O)N(OCC)OCC. The van der Waals surface area contributed by atoms with Gasteiger partial charge in [-0.25, -0.2) is 14.5 Å². The lowest BCUT2D eigenvalue weighted by molar-refractivity contribution is -0.340. The van der Waals surface area contributed by atoms with Crippen molar-refractivity contribution in [1.82, 2.24) is 10.3 Å². The van der Waals surface area contributed by atoms with Gasteiger partial charge in [0, 0.05) is 6.61 Å². The molecule has 0 bridgehead atoms. The third-order valence-electron chi connectivity index (χ3n) is 1.56. The summed E-state index contributed by atoms with van der Waals surface area (Å²) in [6.45, 7) is 8.63. The van der Waals surface area contributed by atoms with Gasteiger partial charge in [-0.3, -0.25) is 4.84 Å². The van der Waals surface area contributed by atoms with Gasteiger partial charge < -0.3 is 4.74 Å². The first kappa shape index (κ1) is 16.1. The highest BCUT2D eigenvalue weighted by Gasteiger charge is 2.23. The minimum Gasteiger partial charge on any atom is -0.359 e. The molecule has 0 rings (SSSR count). The molecule has 0 aromatic carbocycles. The molecule has 17 heavy (non-hydrogen) atoms. The van der Waals surface area contributed by atoms with Gasteiger partial charge in [-0.15, -0.1) is 0 Å². The smallest absolute Gasteiger partial charge is 0.359 e. The first-order valence-corrected chi connectivity index (χ1v) is 5.79. The molecule has 0 aliphatic heterocycles. The van der Waals surface area contributed by atoms with E-state index in [9.17, 15) is 4.79 Å². The van der Waals surface area contributed by atoms with Crippen LogP contribution >= 0.6 is 0 Å². The van der Waals surface area contributed by atoms with Crippen molar-refractivity contribution >= 4 is 6.03 Å². The molecule has 0 saturated heterocycles. The van der Waals surface area contributed by atoms with Crippen LogP contribution in [0, 0.1) is 0 Å². The number of rotatable bonds is 9. The van der Waals surface area contributed by atoms with E-state index in [1.54, 1.807) is 20.8 Å². The molecule has 0 aromatic rings. The monoisotopic (exact) mass is 250 g/mol. The topological polar surface area (TPSA) is 60.5 Å². The standard InChI is InChI=1S/C10H22N2O5/c1-5-14-9-11(15-6-2)10(13)12(16-7-3)17-8-4/h5-9H2,1-4H3. The molecule has 0 aliphatic rings. The Morgan fingerprint density at radius 1 is 0.882 bits per heavy atom. The number of urea groups is 1. The van der Waals surface area contributed by atoms with E-state index in [0.29, 0.717) is 26.4 Å². The van der Waals surface area contributed by atoms with E-state index < -0.39 is 6.03 Å². The predicted octanol–water partition coefficient (Wildman–Crippen LogP) is 1.56. The lowest BCUT2D eigenvalue weighted by Gasteiger charge is -2.26. The van der Waals surface area contributed by atoms with Gasteiger partial charge in [-0.2, -0.15) is 5.06 Å². The number of nitrogens with zero attached hydrogens (tertiary/aromatic N) is 2. The van der Waals surface area contributed by atoms with Crippen molar-refractivity contribution in [1.29, 1.82) is 0 Å². The van der Waals surface area contributed by atoms with Crippen LogP contribution < -0.4 is 0 Å². The molecule has 0 heterocycles. The number of ether oxygens (including phenoxy) is 1. The molecule has 0 radical (unpaired) electrons. The summed E-state index contributed by atoms with van der Waals surface area (Å²) in [5.41, 5.74) is 0. The average Bonchev–Trinajstić information content (AvgIpc) is 2.33. The van der Waals surface area contributed by atoms with Gasteiger partial charge >= 0.3 is 6.03 Å². The van der Waals surface area contributed by atoms with E-state index in [-0.39, 0.29) is 6.73 Å². The van der Waals surface area contributed by atoms with Crippen molar-refractivity contribution in [3.05, 3.63) is 0 Å². The Balaban J connectivity index is 4.40. The van der Waals surface area contributed by atoms with Gasteiger partial charge in [0.15, 0.2) is 0 Å². The maximum atomic E-state index is 11.9. The first-order valence-electron chi connectivity index (χ1n) is 5.79. The van der Waals surface area contributed by atoms with Crippen molar-refractivity contribution < 1.29 is 24.0 Å². The Morgan fingerprint density at radius 3 is 1.82 bits per heavy atom. The number of hydrogen-bond donors (Lipinski definition) is 0. The highest BCUT2D eigenvalue weighted by atomic mass is 17.0. The van der Waals surface area contributed by atoms with Crippen LogP contribution in [0.2, 0.25) is 0 Å². The van der Waals surface area contributed by atoms with Crippen LogP contribution in [0.15, 0.2) is 0 Å². The molecule has 7 heteroatoms. The fourth-order valence-electron chi connectivity index (χ4n) is 0.951. The molecule has 0 atom stereocenters. The fourth-order valence-corrected chi connectivity index (χ4v) is 0.951. The maximum Gasteiger partial charge on any atom is 0.395 e. The summed E-state index contributed by atoms with van der Waals surface area (Å²) in [5, 5.41) is 1.85. The molecule has 0 aromatic heterocycles. The van der Waals surface area contributed by atoms with Crippen LogP contribution in [-0.4, -0.2) is 49.5 Å². The second kappa shape index (κ2) is 10.3. The molecule has 0 unspecified atom stereocenters. The van der Waals surface area contributed by atoms with Crippen molar-refractivity contribution in [3.63, 3.8) is 0 Å². The van der Waals surface area contributed by atoms with Crippen molar-refractivity contribution in [2.24, 2.45) is 0 Å². The second-order valence-corrected chi connectivity index (χ2v) is 2.79. The summed E-state index contributed by atoms with van der Waals surface area (Å²) in [6.07, 6.45) is 0. The van der Waals surface area contributed by atoms with E-state index in [1.807, 2.05) is 6.92 Å². The minimum atomic E-state index is -0.552. The third kappa shape index (κ3) is 6.42. The summed E-state index contributed by atoms with van der Waals surface area (Å²) in [6, 6.07) is -0.552. The summed E-state index contributed by atoms with van der Waals surface area (Å²) in [5.74, 6) is 0. The summed E-state index contributed by atoms with van der Waals surface area (Å²) >= 11 is 0. The number of amides is 2. The predicted molar refractivity (Wildman–Crippen MR) is 60.4 cm³/mol. The lowest BCUT2D eigenvalue weighted by atomic mass is 10.8.